The lowest BCUT2D eigenvalue weighted by Gasteiger charge is -1.84. The lowest BCUT2D eigenvalue weighted by Crippen LogP contribution is -1.91. The van der Waals surface area contributed by atoms with E-state index in [2.05, 4.69) is 11.6 Å². The summed E-state index contributed by atoms with van der Waals surface area (Å²) >= 11 is 0. The second-order valence-corrected chi connectivity index (χ2v) is 1.65. The highest BCUT2D eigenvalue weighted by Crippen LogP contribution is 1.95. The van der Waals surface area contributed by atoms with Crippen LogP contribution in [0.1, 0.15) is 10.5 Å². The molecule has 1 heterocycles. The molecule has 0 aromatic carbocycles. The van der Waals surface area contributed by atoms with Gasteiger partial charge in [-0.2, -0.15) is 0 Å². The highest BCUT2D eigenvalue weighted by Gasteiger charge is 1.97. The molecule has 1 aromatic rings. The number of nitrogens with one attached hydrogen (secondary N) is 1. The number of rotatable bonds is 2. The summed E-state index contributed by atoms with van der Waals surface area (Å²) in [6.45, 7) is 3.35. The third-order valence-corrected chi connectivity index (χ3v) is 1.05. The molecule has 0 aliphatic heterocycles. The van der Waals surface area contributed by atoms with Gasteiger partial charge in [0, 0.05) is 6.20 Å². The molecular formula is C7H7NO. The van der Waals surface area contributed by atoms with E-state index in [-0.39, 0.29) is 5.78 Å². The van der Waals surface area contributed by atoms with Crippen molar-refractivity contribution in [2.45, 2.75) is 0 Å². The van der Waals surface area contributed by atoms with Gasteiger partial charge in [-0.3, -0.25) is 4.79 Å². The lowest BCUT2D eigenvalue weighted by molar-refractivity contribution is 0.104. The molecule has 1 rings (SSSR count). The van der Waals surface area contributed by atoms with Crippen LogP contribution in [0.15, 0.2) is 31.0 Å². The smallest absolute Gasteiger partial charge is 0.201 e. The van der Waals surface area contributed by atoms with Crippen LogP contribution >= 0.6 is 0 Å². The van der Waals surface area contributed by atoms with Crippen molar-refractivity contribution in [1.29, 1.82) is 0 Å². The summed E-state index contributed by atoms with van der Waals surface area (Å²) in [6, 6.07) is 3.49. The molecule has 1 N–H and O–H groups in total. The quantitative estimate of drug-likeness (QED) is 0.465. The van der Waals surface area contributed by atoms with Gasteiger partial charge in [0.15, 0.2) is 0 Å². The number of aromatic amines is 1. The number of H-pyrrole nitrogens is 1. The highest BCUT2D eigenvalue weighted by atomic mass is 16.1. The molecule has 1 aromatic heterocycles. The van der Waals surface area contributed by atoms with Crippen LogP contribution in [0.25, 0.3) is 0 Å². The predicted octanol–water partition coefficient (Wildman–Crippen LogP) is 1.38. The Bertz CT molecular complexity index is 211. The maximum atomic E-state index is 10.7. The average molecular weight is 121 g/mol. The zero-order chi connectivity index (χ0) is 6.69. The Labute approximate surface area is 53.2 Å². The van der Waals surface area contributed by atoms with Gasteiger partial charge in [0.2, 0.25) is 5.78 Å². The van der Waals surface area contributed by atoms with E-state index in [4.69, 9.17) is 0 Å². The van der Waals surface area contributed by atoms with Crippen molar-refractivity contribution in [3.8, 4) is 0 Å². The van der Waals surface area contributed by atoms with Gasteiger partial charge in [-0.05, 0) is 18.2 Å². The number of hydrogen-bond donors (Lipinski definition) is 1. The molecule has 0 aliphatic rings. The second kappa shape index (κ2) is 2.31. The normalized spacial score (nSPS) is 8.89. The molecule has 0 spiro atoms. The van der Waals surface area contributed by atoms with Gasteiger partial charge in [-0.1, -0.05) is 6.58 Å². The first-order valence-electron chi connectivity index (χ1n) is 2.65. The summed E-state index contributed by atoms with van der Waals surface area (Å²) in [5.74, 6) is -0.0694. The number of hydrogen-bond acceptors (Lipinski definition) is 1. The third-order valence-electron chi connectivity index (χ3n) is 1.05. The summed E-state index contributed by atoms with van der Waals surface area (Å²) in [6.07, 6.45) is 2.99. The van der Waals surface area contributed by atoms with E-state index in [1.807, 2.05) is 0 Å². The zero-order valence-electron chi connectivity index (χ0n) is 4.92. The molecular weight excluding hydrogens is 114 g/mol. The Morgan fingerprint density at radius 3 is 3.00 bits per heavy atom. The van der Waals surface area contributed by atoms with Crippen LogP contribution in [-0.4, -0.2) is 10.8 Å². The Morgan fingerprint density at radius 2 is 2.56 bits per heavy atom. The van der Waals surface area contributed by atoms with Crippen molar-refractivity contribution in [3.63, 3.8) is 0 Å². The first kappa shape index (κ1) is 5.82. The monoisotopic (exact) mass is 121 g/mol. The van der Waals surface area contributed by atoms with E-state index in [0.29, 0.717) is 5.69 Å². The summed E-state index contributed by atoms with van der Waals surface area (Å²) in [7, 11) is 0. The second-order valence-electron chi connectivity index (χ2n) is 1.65. The number of carbonyl (C=O) groups is 1. The van der Waals surface area contributed by atoms with E-state index < -0.39 is 0 Å². The van der Waals surface area contributed by atoms with Crippen LogP contribution in [0, 0.1) is 0 Å². The fourth-order valence-electron chi connectivity index (χ4n) is 0.594. The Kier molecular flexibility index (Phi) is 1.49. The van der Waals surface area contributed by atoms with Gasteiger partial charge in [-0.25, -0.2) is 0 Å². The first-order chi connectivity index (χ1) is 4.34. The standard InChI is InChI=1S/C7H7NO/c1-2-7(9)6-4-3-5-8-6/h2-5,8H,1H2. The summed E-state index contributed by atoms with van der Waals surface area (Å²) in [4.78, 5) is 13.5. The maximum absolute atomic E-state index is 10.7. The minimum atomic E-state index is -0.0694. The Balaban J connectivity index is 2.89. The van der Waals surface area contributed by atoms with Crippen molar-refractivity contribution >= 4 is 5.78 Å². The third kappa shape index (κ3) is 1.08. The van der Waals surface area contributed by atoms with Gasteiger partial charge < -0.3 is 4.98 Å². The summed E-state index contributed by atoms with van der Waals surface area (Å²) in [5, 5.41) is 0. The Morgan fingerprint density at radius 1 is 1.78 bits per heavy atom. The largest absolute Gasteiger partial charge is 0.359 e. The fraction of sp³-hybridized carbons (Fsp3) is 0. The van der Waals surface area contributed by atoms with Gasteiger partial charge in [0.05, 0.1) is 5.69 Å². The molecule has 0 amide bonds. The number of carbonyl (C=O) groups excluding carboxylic acids is 1. The molecule has 0 saturated heterocycles. The molecule has 9 heavy (non-hydrogen) atoms. The van der Waals surface area contributed by atoms with E-state index in [0.717, 1.165) is 0 Å². The molecule has 46 valence electrons. The molecule has 2 nitrogen and oxygen atoms in total. The van der Waals surface area contributed by atoms with Crippen LogP contribution in [0.3, 0.4) is 0 Å². The summed E-state index contributed by atoms with van der Waals surface area (Å²) < 4.78 is 0. The molecule has 0 unspecified atom stereocenters. The van der Waals surface area contributed by atoms with Crippen molar-refractivity contribution in [3.05, 3.63) is 36.7 Å². The predicted molar refractivity (Wildman–Crippen MR) is 35.3 cm³/mol. The van der Waals surface area contributed by atoms with Crippen molar-refractivity contribution in [1.82, 2.24) is 4.98 Å². The van der Waals surface area contributed by atoms with Crippen LogP contribution < -0.4 is 0 Å². The molecule has 2 heteroatoms. The molecule has 0 aliphatic carbocycles. The van der Waals surface area contributed by atoms with E-state index >= 15 is 0 Å². The van der Waals surface area contributed by atoms with Crippen LogP contribution in [-0.2, 0) is 0 Å². The number of ketones is 1. The minimum absolute atomic E-state index is 0.0694. The fourth-order valence-corrected chi connectivity index (χ4v) is 0.594. The lowest BCUT2D eigenvalue weighted by atomic mass is 10.3. The number of aromatic nitrogens is 1. The van der Waals surface area contributed by atoms with Gasteiger partial charge in [0.25, 0.3) is 0 Å². The molecule has 0 radical (unpaired) electrons. The van der Waals surface area contributed by atoms with Crippen molar-refractivity contribution < 1.29 is 4.79 Å². The number of allylic oxidation sites excluding steroid dienone is 1. The molecule has 0 saturated carbocycles. The van der Waals surface area contributed by atoms with Crippen LogP contribution in [0.2, 0.25) is 0 Å². The minimum Gasteiger partial charge on any atom is -0.359 e. The van der Waals surface area contributed by atoms with Gasteiger partial charge >= 0.3 is 0 Å². The van der Waals surface area contributed by atoms with Crippen LogP contribution in [0.4, 0.5) is 0 Å². The molecule has 0 atom stereocenters. The van der Waals surface area contributed by atoms with E-state index in [1.54, 1.807) is 18.3 Å². The summed E-state index contributed by atoms with van der Waals surface area (Å²) in [5.41, 5.74) is 0.588. The Hall–Kier alpha value is -1.31. The topological polar surface area (TPSA) is 32.9 Å². The molecule has 0 fully saturated rings. The zero-order valence-corrected chi connectivity index (χ0v) is 4.92. The van der Waals surface area contributed by atoms with E-state index in [9.17, 15) is 4.79 Å². The molecule has 0 bridgehead atoms. The van der Waals surface area contributed by atoms with Gasteiger partial charge in [0.1, 0.15) is 0 Å². The van der Waals surface area contributed by atoms with Crippen molar-refractivity contribution in [2.24, 2.45) is 0 Å². The average Bonchev–Trinajstić information content (AvgIpc) is 2.37. The SMILES string of the molecule is C=CC(=O)c1ccc[nH]1. The van der Waals surface area contributed by atoms with Gasteiger partial charge in [-0.15, -0.1) is 0 Å². The van der Waals surface area contributed by atoms with E-state index in [1.165, 1.54) is 6.08 Å². The van der Waals surface area contributed by atoms with Crippen LogP contribution in [0.5, 0.6) is 0 Å². The highest BCUT2D eigenvalue weighted by molar-refractivity contribution is 6.02. The maximum Gasteiger partial charge on any atom is 0.201 e. The van der Waals surface area contributed by atoms with Crippen molar-refractivity contribution in [2.75, 3.05) is 0 Å². The first-order valence-corrected chi connectivity index (χ1v) is 2.65.